The molecule has 1 fully saturated rings. The number of piperidine rings is 1. The van der Waals surface area contributed by atoms with Crippen molar-refractivity contribution >= 4 is 17.2 Å². The molecular formula is C20H25FN2O3S. The Morgan fingerprint density at radius 2 is 2.26 bits per heavy atom. The van der Waals surface area contributed by atoms with E-state index >= 15 is 0 Å². The summed E-state index contributed by atoms with van der Waals surface area (Å²) < 4.78 is 18.5. The molecule has 3 atom stereocenters. The lowest BCUT2D eigenvalue weighted by Crippen LogP contribution is -2.62. The van der Waals surface area contributed by atoms with Crippen LogP contribution in [0.5, 0.6) is 0 Å². The Kier molecular flexibility index (Phi) is 6.26. The third-order valence-corrected chi connectivity index (χ3v) is 5.93. The number of benzene rings is 1. The summed E-state index contributed by atoms with van der Waals surface area (Å²) in [6.07, 6.45) is 0.502. The summed E-state index contributed by atoms with van der Waals surface area (Å²) in [5.41, 5.74) is -0.198. The van der Waals surface area contributed by atoms with Gasteiger partial charge >= 0.3 is 0 Å². The lowest BCUT2D eigenvalue weighted by Gasteiger charge is -2.48. The minimum absolute atomic E-state index is 0.0619. The van der Waals surface area contributed by atoms with E-state index in [4.69, 9.17) is 4.74 Å². The van der Waals surface area contributed by atoms with Crippen molar-refractivity contribution < 1.29 is 19.0 Å². The standard InChI is InChI=1S/C20H25FN2O3S/c1-20(25)8-9-23(12-14-5-3-6-15(21)11-14)18(16-7-4-10-27-16)19(20)22-17(24)13-26-2/h3-7,10-11,18-19,25H,8-9,12-13H2,1-2H3,(H,22,24). The quantitative estimate of drug-likeness (QED) is 0.794. The molecule has 1 aliphatic heterocycles. The van der Waals surface area contributed by atoms with Crippen molar-refractivity contribution in [3.8, 4) is 0 Å². The minimum Gasteiger partial charge on any atom is -0.388 e. The normalized spacial score (nSPS) is 26.1. The molecule has 2 aromatic rings. The van der Waals surface area contributed by atoms with E-state index in [-0.39, 0.29) is 24.4 Å². The van der Waals surface area contributed by atoms with Crippen LogP contribution in [0.25, 0.3) is 0 Å². The van der Waals surface area contributed by atoms with Gasteiger partial charge in [-0.3, -0.25) is 9.69 Å². The maximum Gasteiger partial charge on any atom is 0.246 e. The molecule has 1 amide bonds. The van der Waals surface area contributed by atoms with Crippen LogP contribution in [0.3, 0.4) is 0 Å². The van der Waals surface area contributed by atoms with Gasteiger partial charge in [-0.1, -0.05) is 18.2 Å². The highest BCUT2D eigenvalue weighted by molar-refractivity contribution is 7.10. The molecule has 1 saturated heterocycles. The van der Waals surface area contributed by atoms with E-state index in [0.29, 0.717) is 19.5 Å². The van der Waals surface area contributed by atoms with Crippen molar-refractivity contribution in [2.45, 2.75) is 37.6 Å². The highest BCUT2D eigenvalue weighted by Crippen LogP contribution is 2.39. The molecule has 0 aliphatic carbocycles. The van der Waals surface area contributed by atoms with Gasteiger partial charge in [0.25, 0.3) is 0 Å². The van der Waals surface area contributed by atoms with Gasteiger partial charge in [0.1, 0.15) is 12.4 Å². The molecule has 5 nitrogen and oxygen atoms in total. The van der Waals surface area contributed by atoms with Gasteiger partial charge in [-0.2, -0.15) is 0 Å². The average Bonchev–Trinajstić information content (AvgIpc) is 3.12. The fraction of sp³-hybridized carbons (Fsp3) is 0.450. The molecule has 0 saturated carbocycles. The Morgan fingerprint density at radius 3 is 2.93 bits per heavy atom. The van der Waals surface area contributed by atoms with E-state index in [1.54, 1.807) is 24.3 Å². The molecule has 1 aliphatic rings. The first-order valence-electron chi connectivity index (χ1n) is 8.93. The maximum absolute atomic E-state index is 13.6. The second kappa shape index (κ2) is 8.48. The number of likely N-dealkylation sites (tertiary alicyclic amines) is 1. The van der Waals surface area contributed by atoms with Gasteiger partial charge in [0.15, 0.2) is 0 Å². The zero-order valence-electron chi connectivity index (χ0n) is 15.5. The Balaban J connectivity index is 1.91. The summed E-state index contributed by atoms with van der Waals surface area (Å²) in [6, 6.07) is 9.79. The fourth-order valence-electron chi connectivity index (χ4n) is 3.65. The van der Waals surface area contributed by atoms with E-state index in [1.807, 2.05) is 23.6 Å². The molecular weight excluding hydrogens is 367 g/mol. The van der Waals surface area contributed by atoms with Gasteiger partial charge in [0.2, 0.25) is 5.91 Å². The van der Waals surface area contributed by atoms with Crippen molar-refractivity contribution in [3.63, 3.8) is 0 Å². The van der Waals surface area contributed by atoms with E-state index in [2.05, 4.69) is 10.2 Å². The van der Waals surface area contributed by atoms with Crippen molar-refractivity contribution in [2.24, 2.45) is 0 Å². The number of ether oxygens (including phenoxy) is 1. The largest absolute Gasteiger partial charge is 0.388 e. The van der Waals surface area contributed by atoms with Gasteiger partial charge in [-0.05, 0) is 42.5 Å². The van der Waals surface area contributed by atoms with Crippen molar-refractivity contribution in [1.82, 2.24) is 10.2 Å². The first kappa shape index (κ1) is 19.9. The molecule has 0 spiro atoms. The molecule has 1 aromatic carbocycles. The van der Waals surface area contributed by atoms with Crippen LogP contribution >= 0.6 is 11.3 Å². The predicted molar refractivity (Wildman–Crippen MR) is 103 cm³/mol. The number of thiophene rings is 1. The van der Waals surface area contributed by atoms with Gasteiger partial charge in [-0.15, -0.1) is 11.3 Å². The molecule has 2 N–H and O–H groups in total. The van der Waals surface area contributed by atoms with Crippen LogP contribution in [-0.4, -0.2) is 47.8 Å². The Morgan fingerprint density at radius 1 is 1.44 bits per heavy atom. The second-order valence-corrected chi connectivity index (χ2v) is 8.13. The zero-order chi connectivity index (χ0) is 19.4. The summed E-state index contributed by atoms with van der Waals surface area (Å²) in [5.74, 6) is -0.536. The molecule has 3 rings (SSSR count). The summed E-state index contributed by atoms with van der Waals surface area (Å²) in [4.78, 5) is 15.5. The monoisotopic (exact) mass is 392 g/mol. The molecule has 2 heterocycles. The van der Waals surface area contributed by atoms with Crippen LogP contribution in [-0.2, 0) is 16.1 Å². The number of nitrogens with zero attached hydrogens (tertiary/aromatic N) is 1. The Bertz CT molecular complexity index is 766. The molecule has 0 radical (unpaired) electrons. The number of nitrogens with one attached hydrogen (secondary N) is 1. The zero-order valence-corrected chi connectivity index (χ0v) is 16.3. The molecule has 27 heavy (non-hydrogen) atoms. The van der Waals surface area contributed by atoms with Gasteiger partial charge in [-0.25, -0.2) is 4.39 Å². The number of hydrogen-bond donors (Lipinski definition) is 2. The van der Waals surface area contributed by atoms with Crippen LogP contribution in [0.15, 0.2) is 41.8 Å². The van der Waals surface area contributed by atoms with Crippen LogP contribution in [0, 0.1) is 5.82 Å². The van der Waals surface area contributed by atoms with Gasteiger partial charge < -0.3 is 15.2 Å². The highest BCUT2D eigenvalue weighted by Gasteiger charge is 2.46. The van der Waals surface area contributed by atoms with E-state index in [9.17, 15) is 14.3 Å². The molecule has 146 valence electrons. The SMILES string of the molecule is COCC(=O)NC1C(c2cccs2)N(Cc2cccc(F)c2)CCC1(C)O. The number of carbonyl (C=O) groups excluding carboxylic acids is 1. The molecule has 7 heteroatoms. The smallest absolute Gasteiger partial charge is 0.246 e. The molecule has 0 bridgehead atoms. The predicted octanol–water partition coefficient (Wildman–Crippen LogP) is 2.72. The van der Waals surface area contributed by atoms with Crippen LogP contribution < -0.4 is 5.32 Å². The van der Waals surface area contributed by atoms with Crippen LogP contribution in [0.4, 0.5) is 4.39 Å². The summed E-state index contributed by atoms with van der Waals surface area (Å²) >= 11 is 1.58. The Labute approximate surface area is 162 Å². The maximum atomic E-state index is 13.6. The molecule has 1 aromatic heterocycles. The van der Waals surface area contributed by atoms with Crippen molar-refractivity contribution in [2.75, 3.05) is 20.3 Å². The summed E-state index contributed by atoms with van der Waals surface area (Å²) in [7, 11) is 1.46. The molecule has 3 unspecified atom stereocenters. The third kappa shape index (κ3) is 4.73. The summed E-state index contributed by atoms with van der Waals surface area (Å²) in [5, 5.41) is 15.9. The van der Waals surface area contributed by atoms with Gasteiger partial charge in [0, 0.05) is 25.1 Å². The van der Waals surface area contributed by atoms with E-state index in [1.165, 1.54) is 19.2 Å². The van der Waals surface area contributed by atoms with E-state index in [0.717, 1.165) is 10.4 Å². The van der Waals surface area contributed by atoms with Crippen molar-refractivity contribution in [1.29, 1.82) is 0 Å². The second-order valence-electron chi connectivity index (χ2n) is 7.15. The number of halogens is 1. The number of methoxy groups -OCH3 is 1. The lowest BCUT2D eigenvalue weighted by atomic mass is 9.81. The summed E-state index contributed by atoms with van der Waals surface area (Å²) in [6.45, 7) is 2.87. The fourth-order valence-corrected chi connectivity index (χ4v) is 4.54. The number of amides is 1. The number of rotatable bonds is 6. The number of aliphatic hydroxyl groups is 1. The third-order valence-electron chi connectivity index (χ3n) is 4.99. The van der Waals surface area contributed by atoms with Gasteiger partial charge in [0.05, 0.1) is 17.7 Å². The number of carbonyl (C=O) groups is 1. The average molecular weight is 392 g/mol. The van der Waals surface area contributed by atoms with E-state index < -0.39 is 11.6 Å². The van der Waals surface area contributed by atoms with Crippen molar-refractivity contribution in [3.05, 3.63) is 58.0 Å². The topological polar surface area (TPSA) is 61.8 Å². The first-order chi connectivity index (χ1) is 12.9. The minimum atomic E-state index is -1.06. The first-order valence-corrected chi connectivity index (χ1v) is 9.81. The lowest BCUT2D eigenvalue weighted by molar-refractivity contribution is -0.132. The van der Waals surface area contributed by atoms with Crippen LogP contribution in [0.1, 0.15) is 29.8 Å². The highest BCUT2D eigenvalue weighted by atomic mass is 32.1. The Hall–Kier alpha value is -1.80. The van der Waals surface area contributed by atoms with Crippen LogP contribution in [0.2, 0.25) is 0 Å². The number of hydrogen-bond acceptors (Lipinski definition) is 5.